The molecule has 0 aliphatic heterocycles. The molecule has 0 aromatic rings. The Morgan fingerprint density at radius 2 is 1.52 bits per heavy atom. The predicted octanol–water partition coefficient (Wildman–Crippen LogP) is -1.88. The van der Waals surface area contributed by atoms with Gasteiger partial charge in [-0.05, 0) is 20.3 Å². The molecular formula is C12H20KO7S+. The van der Waals surface area contributed by atoms with Crippen LogP contribution in [0.15, 0.2) is 24.3 Å². The Hall–Kier alpha value is -0.0336. The van der Waals surface area contributed by atoms with Crippen molar-refractivity contribution in [2.75, 3.05) is 19.5 Å². The predicted molar refractivity (Wildman–Crippen MR) is 73.6 cm³/mol. The average molecular weight is 347 g/mol. The third-order valence-corrected chi connectivity index (χ3v) is 2.47. The maximum Gasteiger partial charge on any atom is 1.00 e. The minimum absolute atomic E-state index is 0. The molecule has 0 atom stereocenters. The fraction of sp³-hybridized carbons (Fsp3) is 0.500. The summed E-state index contributed by atoms with van der Waals surface area (Å²) >= 11 is 0. The molecule has 0 fully saturated rings. The van der Waals surface area contributed by atoms with E-state index in [0.717, 1.165) is 0 Å². The normalized spacial score (nSPS) is 9.33. The summed E-state index contributed by atoms with van der Waals surface area (Å²) in [6, 6.07) is 0. The molecule has 7 nitrogen and oxygen atoms in total. The number of carbonyl (C=O) groups is 2. The molecule has 0 aromatic heterocycles. The van der Waals surface area contributed by atoms with E-state index in [9.17, 15) is 18.0 Å². The maximum atomic E-state index is 10.7. The molecule has 0 radical (unpaired) electrons. The van der Waals surface area contributed by atoms with Crippen molar-refractivity contribution in [2.24, 2.45) is 0 Å². The number of hydrogen-bond donors (Lipinski definition) is 1. The zero-order chi connectivity index (χ0) is 16.3. The van der Waals surface area contributed by atoms with E-state index in [-0.39, 0.29) is 76.0 Å². The molecule has 0 amide bonds. The van der Waals surface area contributed by atoms with E-state index in [1.54, 1.807) is 6.92 Å². The van der Waals surface area contributed by atoms with Crippen molar-refractivity contribution in [1.29, 1.82) is 0 Å². The van der Waals surface area contributed by atoms with Gasteiger partial charge in [-0.1, -0.05) is 13.2 Å². The Balaban J connectivity index is -0.000000347. The van der Waals surface area contributed by atoms with Crippen molar-refractivity contribution < 1.29 is 83.4 Å². The second-order valence-electron chi connectivity index (χ2n) is 3.83. The molecule has 9 heteroatoms. The maximum absolute atomic E-state index is 10.7. The molecular weight excluding hydrogens is 327 g/mol. The average Bonchev–Trinajstić information content (AvgIpc) is 2.32. The van der Waals surface area contributed by atoms with Crippen LogP contribution in [0, 0.1) is 0 Å². The van der Waals surface area contributed by atoms with Crippen molar-refractivity contribution in [3.8, 4) is 0 Å². The van der Waals surface area contributed by atoms with Crippen LogP contribution in [0.2, 0.25) is 0 Å². The van der Waals surface area contributed by atoms with Gasteiger partial charge >= 0.3 is 63.3 Å². The first-order chi connectivity index (χ1) is 9.01. The van der Waals surface area contributed by atoms with E-state index in [2.05, 4.69) is 22.6 Å². The number of hydrogen-bond acceptors (Lipinski definition) is 6. The van der Waals surface area contributed by atoms with Gasteiger partial charge in [-0.15, -0.1) is 0 Å². The fourth-order valence-electron chi connectivity index (χ4n) is 0.704. The summed E-state index contributed by atoms with van der Waals surface area (Å²) in [6.07, 6.45) is 0.0812. The number of ether oxygens (including phenoxy) is 2. The van der Waals surface area contributed by atoms with Crippen molar-refractivity contribution in [2.45, 2.75) is 20.3 Å². The van der Waals surface area contributed by atoms with Gasteiger partial charge in [0.25, 0.3) is 10.1 Å². The third-order valence-electron chi connectivity index (χ3n) is 1.66. The van der Waals surface area contributed by atoms with Crippen LogP contribution in [0.25, 0.3) is 0 Å². The second kappa shape index (κ2) is 13.6. The van der Waals surface area contributed by atoms with Crippen LogP contribution in [0.3, 0.4) is 0 Å². The van der Waals surface area contributed by atoms with Crippen LogP contribution in [0.4, 0.5) is 0 Å². The molecule has 0 aliphatic carbocycles. The van der Waals surface area contributed by atoms with Gasteiger partial charge < -0.3 is 9.47 Å². The molecule has 116 valence electrons. The quantitative estimate of drug-likeness (QED) is 0.197. The van der Waals surface area contributed by atoms with Gasteiger partial charge in [0.2, 0.25) is 0 Å². The molecule has 0 spiro atoms. The van der Waals surface area contributed by atoms with E-state index in [1.807, 2.05) is 0 Å². The van der Waals surface area contributed by atoms with Crippen molar-refractivity contribution >= 4 is 22.1 Å². The third kappa shape index (κ3) is 20.0. The number of carbonyl (C=O) groups excluding carboxylic acids is 2. The van der Waals surface area contributed by atoms with Gasteiger partial charge in [0, 0.05) is 11.1 Å². The van der Waals surface area contributed by atoms with Gasteiger partial charge in [-0.25, -0.2) is 9.59 Å². The first-order valence-corrected chi connectivity index (χ1v) is 7.13. The summed E-state index contributed by atoms with van der Waals surface area (Å²) in [5.41, 5.74) is 0.689. The summed E-state index contributed by atoms with van der Waals surface area (Å²) in [4.78, 5) is 20.9. The van der Waals surface area contributed by atoms with Crippen LogP contribution in [-0.4, -0.2) is 44.4 Å². The molecule has 0 rings (SSSR count). The zero-order valence-electron chi connectivity index (χ0n) is 12.8. The van der Waals surface area contributed by atoms with Gasteiger partial charge in [0.15, 0.2) is 0 Å². The molecule has 21 heavy (non-hydrogen) atoms. The van der Waals surface area contributed by atoms with Crippen LogP contribution in [-0.2, 0) is 29.2 Å². The van der Waals surface area contributed by atoms with E-state index in [4.69, 9.17) is 4.55 Å². The molecule has 0 saturated carbocycles. The molecule has 0 aromatic carbocycles. The largest absolute Gasteiger partial charge is 1.00 e. The molecule has 0 aliphatic rings. The van der Waals surface area contributed by atoms with Crippen LogP contribution < -0.4 is 51.4 Å². The molecule has 0 bridgehead atoms. The first kappa shape index (κ1) is 25.9. The summed E-state index contributed by atoms with van der Waals surface area (Å²) in [5, 5.41) is 0. The van der Waals surface area contributed by atoms with Gasteiger partial charge in [-0.3, -0.25) is 4.55 Å². The molecule has 0 saturated heterocycles. The van der Waals surface area contributed by atoms with Crippen LogP contribution >= 0.6 is 0 Å². The monoisotopic (exact) mass is 347 g/mol. The topological polar surface area (TPSA) is 107 Å². The van der Waals surface area contributed by atoms with Crippen molar-refractivity contribution in [3.05, 3.63) is 24.3 Å². The summed E-state index contributed by atoms with van der Waals surface area (Å²) < 4.78 is 37.6. The smallest absolute Gasteiger partial charge is 0.466 e. The Bertz CT molecular complexity index is 468. The van der Waals surface area contributed by atoms with Crippen LogP contribution in [0.5, 0.6) is 0 Å². The zero-order valence-corrected chi connectivity index (χ0v) is 16.8. The second-order valence-corrected chi connectivity index (χ2v) is 5.40. The summed E-state index contributed by atoms with van der Waals surface area (Å²) in [7, 11) is -2.63. The minimum Gasteiger partial charge on any atom is -0.466 e. The SMILES string of the molecule is C=C(C)C(=O)OC.C=C(C)C(=O)OCCCS(=O)(=O)O.[K+]. The van der Waals surface area contributed by atoms with E-state index < -0.39 is 21.8 Å². The van der Waals surface area contributed by atoms with Gasteiger partial charge in [0.05, 0.1) is 19.5 Å². The standard InChI is InChI=1S/C7H12O5S.C5H8O2.K/c1-6(2)7(8)12-4-3-5-13(9,10)11;1-4(2)5(6)7-3;/h1,3-5H2,2H3,(H,9,10,11);1H2,2-3H3;/q;;+1. The van der Waals surface area contributed by atoms with E-state index in [1.165, 1.54) is 14.0 Å². The summed E-state index contributed by atoms with van der Waals surface area (Å²) in [6.45, 7) is 9.75. The Morgan fingerprint density at radius 3 is 1.76 bits per heavy atom. The Morgan fingerprint density at radius 1 is 1.10 bits per heavy atom. The Labute approximate surface area is 167 Å². The number of esters is 2. The number of rotatable bonds is 6. The molecule has 0 heterocycles. The number of methoxy groups -OCH3 is 1. The summed E-state index contributed by atoms with van der Waals surface area (Å²) in [5.74, 6) is -1.31. The Kier molecular flexibility index (Phi) is 16.8. The van der Waals surface area contributed by atoms with Gasteiger partial charge in [0.1, 0.15) is 0 Å². The van der Waals surface area contributed by atoms with Crippen molar-refractivity contribution in [3.63, 3.8) is 0 Å². The minimum atomic E-state index is -3.96. The van der Waals surface area contributed by atoms with E-state index >= 15 is 0 Å². The molecule has 0 unspecified atom stereocenters. The van der Waals surface area contributed by atoms with Gasteiger partial charge in [-0.2, -0.15) is 8.42 Å². The van der Waals surface area contributed by atoms with Crippen LogP contribution in [0.1, 0.15) is 20.3 Å². The molecule has 1 N–H and O–H groups in total. The van der Waals surface area contributed by atoms with Crippen molar-refractivity contribution in [1.82, 2.24) is 0 Å². The fourth-order valence-corrected chi connectivity index (χ4v) is 1.19. The first-order valence-electron chi connectivity index (χ1n) is 5.53. The van der Waals surface area contributed by atoms with E-state index in [0.29, 0.717) is 5.57 Å².